The number of halogens is 2. The first-order chi connectivity index (χ1) is 12.5. The predicted molar refractivity (Wildman–Crippen MR) is 101 cm³/mol. The number of amides is 1. The van der Waals surface area contributed by atoms with E-state index in [9.17, 15) is 9.18 Å². The molecule has 2 rings (SSSR count). The number of ether oxygens (including phenoxy) is 2. The van der Waals surface area contributed by atoms with Gasteiger partial charge in [-0.1, -0.05) is 23.7 Å². The molecule has 1 amide bonds. The molecule has 0 saturated heterocycles. The van der Waals surface area contributed by atoms with Crippen LogP contribution in [-0.4, -0.2) is 31.6 Å². The second-order valence-corrected chi connectivity index (χ2v) is 5.98. The van der Waals surface area contributed by atoms with E-state index >= 15 is 0 Å². The van der Waals surface area contributed by atoms with Gasteiger partial charge in [0.25, 0.3) is 0 Å². The SMILES string of the molecule is CCOc1ccc(C=CC(=O)N(C)Cc2c(F)cccc2Cl)cc1OC. The third kappa shape index (κ3) is 4.99. The van der Waals surface area contributed by atoms with Gasteiger partial charge in [0.15, 0.2) is 11.5 Å². The van der Waals surface area contributed by atoms with Crippen molar-refractivity contribution in [1.29, 1.82) is 0 Å². The van der Waals surface area contributed by atoms with Gasteiger partial charge in [0, 0.05) is 30.3 Å². The van der Waals surface area contributed by atoms with Crippen molar-refractivity contribution in [1.82, 2.24) is 4.90 Å². The Labute approximate surface area is 157 Å². The van der Waals surface area contributed by atoms with Crippen molar-refractivity contribution in [3.63, 3.8) is 0 Å². The van der Waals surface area contributed by atoms with E-state index in [4.69, 9.17) is 21.1 Å². The fourth-order valence-corrected chi connectivity index (χ4v) is 2.58. The number of carbonyl (C=O) groups excluding carboxylic acids is 1. The van der Waals surface area contributed by atoms with E-state index < -0.39 is 5.82 Å². The molecule has 0 fully saturated rings. The predicted octanol–water partition coefficient (Wildman–Crippen LogP) is 4.56. The summed E-state index contributed by atoms with van der Waals surface area (Å²) in [5.41, 5.74) is 1.08. The second kappa shape index (κ2) is 9.25. The summed E-state index contributed by atoms with van der Waals surface area (Å²) in [5.74, 6) is 0.535. The lowest BCUT2D eigenvalue weighted by molar-refractivity contribution is -0.125. The Kier molecular flexibility index (Phi) is 7.04. The van der Waals surface area contributed by atoms with Crippen LogP contribution in [0.25, 0.3) is 6.08 Å². The number of hydrogen-bond acceptors (Lipinski definition) is 3. The molecule has 0 radical (unpaired) electrons. The average Bonchev–Trinajstić information content (AvgIpc) is 2.63. The minimum Gasteiger partial charge on any atom is -0.493 e. The zero-order valence-corrected chi connectivity index (χ0v) is 15.7. The van der Waals surface area contributed by atoms with Gasteiger partial charge in [0.05, 0.1) is 13.7 Å². The quantitative estimate of drug-likeness (QED) is 0.664. The van der Waals surface area contributed by atoms with Crippen LogP contribution in [0.2, 0.25) is 5.02 Å². The molecule has 4 nitrogen and oxygen atoms in total. The first-order valence-corrected chi connectivity index (χ1v) is 8.51. The van der Waals surface area contributed by atoms with Crippen LogP contribution in [0.3, 0.4) is 0 Å². The second-order valence-electron chi connectivity index (χ2n) is 5.57. The third-order valence-electron chi connectivity index (χ3n) is 3.74. The van der Waals surface area contributed by atoms with Crippen LogP contribution in [0.15, 0.2) is 42.5 Å². The first kappa shape index (κ1) is 19.8. The van der Waals surface area contributed by atoms with Crippen LogP contribution >= 0.6 is 11.6 Å². The molecule has 0 atom stereocenters. The molecule has 0 aliphatic carbocycles. The Bertz CT molecular complexity index is 787. The Morgan fingerprint density at radius 3 is 2.69 bits per heavy atom. The van der Waals surface area contributed by atoms with E-state index in [0.29, 0.717) is 28.7 Å². The Morgan fingerprint density at radius 2 is 2.04 bits per heavy atom. The maximum atomic E-state index is 13.8. The van der Waals surface area contributed by atoms with Crippen LogP contribution in [0.1, 0.15) is 18.1 Å². The summed E-state index contributed by atoms with van der Waals surface area (Å²) in [5, 5.41) is 0.296. The Hall–Kier alpha value is -2.53. The van der Waals surface area contributed by atoms with Crippen LogP contribution in [0.5, 0.6) is 11.5 Å². The minimum absolute atomic E-state index is 0.0846. The lowest BCUT2D eigenvalue weighted by atomic mass is 10.1. The van der Waals surface area contributed by atoms with Crippen molar-refractivity contribution in [2.75, 3.05) is 20.8 Å². The van der Waals surface area contributed by atoms with E-state index in [2.05, 4.69) is 0 Å². The maximum Gasteiger partial charge on any atom is 0.246 e. The van der Waals surface area contributed by atoms with Crippen molar-refractivity contribution < 1.29 is 18.7 Å². The highest BCUT2D eigenvalue weighted by Gasteiger charge is 2.12. The Balaban J connectivity index is 2.08. The van der Waals surface area contributed by atoms with Gasteiger partial charge in [0.1, 0.15) is 5.82 Å². The molecule has 0 saturated carbocycles. The van der Waals surface area contributed by atoms with Crippen LogP contribution < -0.4 is 9.47 Å². The van der Waals surface area contributed by atoms with E-state index in [-0.39, 0.29) is 12.5 Å². The molecular formula is C20H21ClFNO3. The summed E-state index contributed by atoms with van der Waals surface area (Å²) in [4.78, 5) is 13.7. The summed E-state index contributed by atoms with van der Waals surface area (Å²) >= 11 is 6.00. The summed E-state index contributed by atoms with van der Waals surface area (Å²) in [7, 11) is 3.15. The van der Waals surface area contributed by atoms with Gasteiger partial charge in [-0.05, 0) is 42.8 Å². The van der Waals surface area contributed by atoms with Gasteiger partial charge in [0.2, 0.25) is 5.91 Å². The molecular weight excluding hydrogens is 357 g/mol. The highest BCUT2D eigenvalue weighted by molar-refractivity contribution is 6.31. The molecule has 6 heteroatoms. The van der Waals surface area contributed by atoms with Gasteiger partial charge < -0.3 is 14.4 Å². The number of methoxy groups -OCH3 is 1. The van der Waals surface area contributed by atoms with Gasteiger partial charge >= 0.3 is 0 Å². The summed E-state index contributed by atoms with van der Waals surface area (Å²) in [6.07, 6.45) is 3.09. The molecule has 0 unspecified atom stereocenters. The van der Waals surface area contributed by atoms with Crippen molar-refractivity contribution >= 4 is 23.6 Å². The number of carbonyl (C=O) groups is 1. The molecule has 0 aromatic heterocycles. The zero-order valence-electron chi connectivity index (χ0n) is 15.0. The maximum absolute atomic E-state index is 13.8. The van der Waals surface area contributed by atoms with Gasteiger partial charge in [-0.25, -0.2) is 4.39 Å². The van der Waals surface area contributed by atoms with Crippen LogP contribution in [-0.2, 0) is 11.3 Å². The number of benzene rings is 2. The van der Waals surface area contributed by atoms with Crippen molar-refractivity contribution in [2.45, 2.75) is 13.5 Å². The fourth-order valence-electron chi connectivity index (χ4n) is 2.36. The standard InChI is InChI=1S/C20H21ClFNO3/c1-4-26-18-10-8-14(12-19(18)25-3)9-11-20(24)23(2)13-15-16(21)6-5-7-17(15)22/h5-12H,4,13H2,1-3H3. The molecule has 0 bridgehead atoms. The summed E-state index contributed by atoms with van der Waals surface area (Å²) < 4.78 is 24.6. The Morgan fingerprint density at radius 1 is 1.27 bits per heavy atom. The molecule has 0 heterocycles. The number of hydrogen-bond donors (Lipinski definition) is 0. The van der Waals surface area contributed by atoms with Crippen LogP contribution in [0.4, 0.5) is 4.39 Å². The lowest BCUT2D eigenvalue weighted by Gasteiger charge is -2.16. The van der Waals surface area contributed by atoms with Crippen LogP contribution in [0, 0.1) is 5.82 Å². The van der Waals surface area contributed by atoms with Crippen molar-refractivity contribution in [3.05, 3.63) is 64.4 Å². The number of rotatable bonds is 7. The minimum atomic E-state index is -0.433. The molecule has 0 aliphatic heterocycles. The molecule has 0 spiro atoms. The van der Waals surface area contributed by atoms with Gasteiger partial charge in [-0.15, -0.1) is 0 Å². The monoisotopic (exact) mass is 377 g/mol. The molecule has 2 aromatic carbocycles. The number of likely N-dealkylation sites (N-methyl/N-ethyl adjacent to an activating group) is 1. The van der Waals surface area contributed by atoms with E-state index in [1.807, 2.05) is 13.0 Å². The first-order valence-electron chi connectivity index (χ1n) is 8.13. The normalized spacial score (nSPS) is 10.8. The van der Waals surface area contributed by atoms with Gasteiger partial charge in [-0.3, -0.25) is 4.79 Å². The highest BCUT2D eigenvalue weighted by atomic mass is 35.5. The van der Waals surface area contributed by atoms with Crippen molar-refractivity contribution in [2.24, 2.45) is 0 Å². The lowest BCUT2D eigenvalue weighted by Crippen LogP contribution is -2.24. The fraction of sp³-hybridized carbons (Fsp3) is 0.250. The molecule has 2 aromatic rings. The molecule has 26 heavy (non-hydrogen) atoms. The van der Waals surface area contributed by atoms with E-state index in [0.717, 1.165) is 5.56 Å². The molecule has 138 valence electrons. The number of nitrogens with zero attached hydrogens (tertiary/aromatic N) is 1. The zero-order chi connectivity index (χ0) is 19.1. The average molecular weight is 378 g/mol. The summed E-state index contributed by atoms with van der Waals surface area (Å²) in [6, 6.07) is 9.84. The molecule has 0 aliphatic rings. The summed E-state index contributed by atoms with van der Waals surface area (Å²) in [6.45, 7) is 2.51. The van der Waals surface area contributed by atoms with E-state index in [1.54, 1.807) is 38.4 Å². The topological polar surface area (TPSA) is 38.8 Å². The van der Waals surface area contributed by atoms with E-state index in [1.165, 1.54) is 23.1 Å². The smallest absolute Gasteiger partial charge is 0.246 e. The largest absolute Gasteiger partial charge is 0.493 e. The molecule has 0 N–H and O–H groups in total. The third-order valence-corrected chi connectivity index (χ3v) is 4.09. The highest BCUT2D eigenvalue weighted by Crippen LogP contribution is 2.28. The van der Waals surface area contributed by atoms with Gasteiger partial charge in [-0.2, -0.15) is 0 Å². The van der Waals surface area contributed by atoms with Crippen molar-refractivity contribution in [3.8, 4) is 11.5 Å².